The molecule has 0 bridgehead atoms. The van der Waals surface area contributed by atoms with E-state index in [0.717, 1.165) is 6.42 Å². The first-order valence-corrected chi connectivity index (χ1v) is 5.41. The summed E-state index contributed by atoms with van der Waals surface area (Å²) in [6, 6.07) is 0. The highest BCUT2D eigenvalue weighted by Crippen LogP contribution is 2.45. The molecule has 1 aliphatic carbocycles. The topological polar surface area (TPSA) is 74.6 Å². The maximum Gasteiger partial charge on any atom is 0.309 e. The van der Waals surface area contributed by atoms with Crippen LogP contribution in [0.4, 0.5) is 0 Å². The molecule has 2 atom stereocenters. The van der Waals surface area contributed by atoms with E-state index in [1.807, 2.05) is 0 Å². The smallest absolute Gasteiger partial charge is 0.309 e. The van der Waals surface area contributed by atoms with Gasteiger partial charge in [0.2, 0.25) is 0 Å². The van der Waals surface area contributed by atoms with Crippen molar-refractivity contribution in [2.75, 3.05) is 0 Å². The molecular formula is C11H18O4. The molecule has 0 aromatic rings. The van der Waals surface area contributed by atoms with Crippen LogP contribution in [-0.4, -0.2) is 22.2 Å². The van der Waals surface area contributed by atoms with E-state index in [1.54, 1.807) is 0 Å². The van der Waals surface area contributed by atoms with Gasteiger partial charge in [0, 0.05) is 6.42 Å². The van der Waals surface area contributed by atoms with Crippen molar-refractivity contribution in [3.05, 3.63) is 0 Å². The highest BCUT2D eigenvalue weighted by atomic mass is 16.4. The summed E-state index contributed by atoms with van der Waals surface area (Å²) in [4.78, 5) is 21.6. The van der Waals surface area contributed by atoms with Crippen molar-refractivity contribution in [2.45, 2.75) is 45.4 Å². The third-order valence-electron chi connectivity index (χ3n) is 3.35. The third-order valence-corrected chi connectivity index (χ3v) is 3.35. The molecule has 0 aromatic heterocycles. The second kappa shape index (κ2) is 4.64. The first-order valence-electron chi connectivity index (χ1n) is 5.41. The van der Waals surface area contributed by atoms with Gasteiger partial charge in [0.15, 0.2) is 0 Å². The maximum atomic E-state index is 11.2. The minimum atomic E-state index is -0.846. The van der Waals surface area contributed by atoms with Crippen LogP contribution in [0.25, 0.3) is 0 Å². The highest BCUT2D eigenvalue weighted by molar-refractivity contribution is 5.75. The molecule has 1 rings (SSSR count). The van der Waals surface area contributed by atoms with Gasteiger partial charge in [-0.25, -0.2) is 0 Å². The first kappa shape index (κ1) is 12.0. The Morgan fingerprint density at radius 3 is 2.47 bits per heavy atom. The molecule has 0 spiro atoms. The van der Waals surface area contributed by atoms with Gasteiger partial charge < -0.3 is 10.2 Å². The lowest BCUT2D eigenvalue weighted by Crippen LogP contribution is -2.28. The van der Waals surface area contributed by atoms with E-state index in [0.29, 0.717) is 31.6 Å². The van der Waals surface area contributed by atoms with Crippen LogP contribution in [0.15, 0.2) is 0 Å². The molecule has 86 valence electrons. The SMILES string of the molecule is CC1CCC(CCCC(=O)O)(C(=O)O)C1. The molecule has 15 heavy (non-hydrogen) atoms. The van der Waals surface area contributed by atoms with Crippen molar-refractivity contribution in [3.8, 4) is 0 Å². The predicted molar refractivity (Wildman–Crippen MR) is 54.6 cm³/mol. The number of carbonyl (C=O) groups is 2. The minimum Gasteiger partial charge on any atom is -0.481 e. The van der Waals surface area contributed by atoms with Gasteiger partial charge in [0.05, 0.1) is 5.41 Å². The first-order chi connectivity index (χ1) is 6.96. The van der Waals surface area contributed by atoms with E-state index in [4.69, 9.17) is 5.11 Å². The van der Waals surface area contributed by atoms with Gasteiger partial charge in [-0.15, -0.1) is 0 Å². The Bertz CT molecular complexity index is 261. The van der Waals surface area contributed by atoms with E-state index >= 15 is 0 Å². The van der Waals surface area contributed by atoms with Crippen LogP contribution in [0.2, 0.25) is 0 Å². The molecule has 4 heteroatoms. The van der Waals surface area contributed by atoms with Gasteiger partial charge in [-0.3, -0.25) is 9.59 Å². The zero-order valence-electron chi connectivity index (χ0n) is 9.03. The summed E-state index contributed by atoms with van der Waals surface area (Å²) >= 11 is 0. The van der Waals surface area contributed by atoms with Gasteiger partial charge in [-0.05, 0) is 38.0 Å². The Hall–Kier alpha value is -1.06. The summed E-state index contributed by atoms with van der Waals surface area (Å²) in [6.07, 6.45) is 3.38. The van der Waals surface area contributed by atoms with E-state index < -0.39 is 17.4 Å². The second-order valence-electron chi connectivity index (χ2n) is 4.68. The number of carboxylic acids is 2. The van der Waals surface area contributed by atoms with Crippen LogP contribution >= 0.6 is 0 Å². The van der Waals surface area contributed by atoms with Crippen molar-refractivity contribution in [3.63, 3.8) is 0 Å². The lowest BCUT2D eigenvalue weighted by Gasteiger charge is -2.23. The molecule has 0 amide bonds. The van der Waals surface area contributed by atoms with Crippen LogP contribution < -0.4 is 0 Å². The van der Waals surface area contributed by atoms with Crippen LogP contribution in [0.3, 0.4) is 0 Å². The molecule has 1 saturated carbocycles. The Kier molecular flexibility index (Phi) is 3.72. The number of hydrogen-bond acceptors (Lipinski definition) is 2. The monoisotopic (exact) mass is 214 g/mol. The molecule has 0 radical (unpaired) electrons. The number of rotatable bonds is 5. The maximum absolute atomic E-state index is 11.2. The fourth-order valence-corrected chi connectivity index (χ4v) is 2.50. The van der Waals surface area contributed by atoms with Gasteiger partial charge in [-0.2, -0.15) is 0 Å². The Morgan fingerprint density at radius 1 is 1.40 bits per heavy atom. The molecule has 1 fully saturated rings. The van der Waals surface area contributed by atoms with E-state index in [-0.39, 0.29) is 6.42 Å². The fourth-order valence-electron chi connectivity index (χ4n) is 2.50. The highest BCUT2D eigenvalue weighted by Gasteiger charge is 2.43. The zero-order chi connectivity index (χ0) is 11.5. The fraction of sp³-hybridized carbons (Fsp3) is 0.818. The lowest BCUT2D eigenvalue weighted by atomic mass is 9.80. The zero-order valence-corrected chi connectivity index (χ0v) is 9.03. The Balaban J connectivity index is 2.52. The van der Waals surface area contributed by atoms with E-state index in [9.17, 15) is 14.7 Å². The van der Waals surface area contributed by atoms with Gasteiger partial charge >= 0.3 is 11.9 Å². The van der Waals surface area contributed by atoms with E-state index in [2.05, 4.69) is 6.92 Å². The lowest BCUT2D eigenvalue weighted by molar-refractivity contribution is -0.150. The molecule has 0 aliphatic heterocycles. The van der Waals surface area contributed by atoms with E-state index in [1.165, 1.54) is 0 Å². The van der Waals surface area contributed by atoms with Crippen molar-refractivity contribution in [1.29, 1.82) is 0 Å². The molecule has 1 aliphatic rings. The van der Waals surface area contributed by atoms with Crippen LogP contribution in [0, 0.1) is 11.3 Å². The largest absolute Gasteiger partial charge is 0.481 e. The summed E-state index contributed by atoms with van der Waals surface area (Å²) < 4.78 is 0. The Morgan fingerprint density at radius 2 is 2.07 bits per heavy atom. The molecule has 0 saturated heterocycles. The van der Waals surface area contributed by atoms with Gasteiger partial charge in [0.25, 0.3) is 0 Å². The quantitative estimate of drug-likeness (QED) is 0.735. The molecule has 4 nitrogen and oxygen atoms in total. The average Bonchev–Trinajstić information content (AvgIpc) is 2.48. The molecule has 2 unspecified atom stereocenters. The molecule has 0 heterocycles. The number of aliphatic carboxylic acids is 2. The number of carboxylic acid groups (broad SMARTS) is 2. The predicted octanol–water partition coefficient (Wildman–Crippen LogP) is 2.13. The summed E-state index contributed by atoms with van der Waals surface area (Å²) in [7, 11) is 0. The summed E-state index contributed by atoms with van der Waals surface area (Å²) in [5.74, 6) is -1.15. The standard InChI is InChI=1S/C11H18O4/c1-8-4-6-11(7-8,10(14)15)5-2-3-9(12)13/h8H,2-7H2,1H3,(H,12,13)(H,14,15). The Labute approximate surface area is 89.3 Å². The van der Waals surface area contributed by atoms with Crippen LogP contribution in [0.1, 0.15) is 45.4 Å². The van der Waals surface area contributed by atoms with Crippen molar-refractivity contribution in [1.82, 2.24) is 0 Å². The molecule has 2 N–H and O–H groups in total. The van der Waals surface area contributed by atoms with Crippen molar-refractivity contribution < 1.29 is 19.8 Å². The summed E-state index contributed by atoms with van der Waals surface area (Å²) in [6.45, 7) is 2.06. The normalized spacial score (nSPS) is 30.3. The summed E-state index contributed by atoms with van der Waals surface area (Å²) in [5.41, 5.74) is -0.644. The molecule has 0 aromatic carbocycles. The third kappa shape index (κ3) is 2.94. The van der Waals surface area contributed by atoms with Crippen LogP contribution in [0.5, 0.6) is 0 Å². The van der Waals surface area contributed by atoms with Crippen LogP contribution in [-0.2, 0) is 9.59 Å². The van der Waals surface area contributed by atoms with Crippen molar-refractivity contribution in [2.24, 2.45) is 11.3 Å². The molecular weight excluding hydrogens is 196 g/mol. The number of hydrogen-bond donors (Lipinski definition) is 2. The van der Waals surface area contributed by atoms with Gasteiger partial charge in [0.1, 0.15) is 0 Å². The minimum absolute atomic E-state index is 0.0728. The van der Waals surface area contributed by atoms with Gasteiger partial charge in [-0.1, -0.05) is 6.92 Å². The summed E-state index contributed by atoms with van der Waals surface area (Å²) in [5, 5.41) is 17.7. The average molecular weight is 214 g/mol. The van der Waals surface area contributed by atoms with Crippen molar-refractivity contribution >= 4 is 11.9 Å². The second-order valence-corrected chi connectivity index (χ2v) is 4.68.